The highest BCUT2D eigenvalue weighted by atomic mass is 32.2. The van der Waals surface area contributed by atoms with Crippen LogP contribution in [0.3, 0.4) is 0 Å². The molecule has 5 nitrogen and oxygen atoms in total. The monoisotopic (exact) mass is 312 g/mol. The molecule has 0 bridgehead atoms. The Morgan fingerprint density at radius 3 is 2.73 bits per heavy atom. The number of aromatic amines is 1. The average Bonchev–Trinajstić information content (AvgIpc) is 2.92. The molecule has 0 unspecified atom stereocenters. The summed E-state index contributed by atoms with van der Waals surface area (Å²) in [5, 5.41) is 4.64. The number of carbonyl (C=O) groups excluding carboxylic acids is 1. The van der Waals surface area contributed by atoms with Gasteiger partial charge in [0, 0.05) is 28.8 Å². The van der Waals surface area contributed by atoms with E-state index in [1.54, 1.807) is 0 Å². The van der Waals surface area contributed by atoms with Crippen molar-refractivity contribution in [1.82, 2.24) is 15.0 Å². The van der Waals surface area contributed by atoms with E-state index in [0.29, 0.717) is 5.16 Å². The first-order valence-electron chi connectivity index (χ1n) is 6.92. The number of rotatable bonds is 4. The van der Waals surface area contributed by atoms with Gasteiger partial charge in [-0.1, -0.05) is 17.8 Å². The SMILES string of the molecule is Cc1cc(C)nc(SCC(=O)Nc2ccc3cc[nH]c3c2)n1. The summed E-state index contributed by atoms with van der Waals surface area (Å²) < 4.78 is 0. The number of thioether (sulfide) groups is 1. The van der Waals surface area contributed by atoms with E-state index >= 15 is 0 Å². The number of benzene rings is 1. The predicted molar refractivity (Wildman–Crippen MR) is 89.2 cm³/mol. The summed E-state index contributed by atoms with van der Waals surface area (Å²) in [6.07, 6.45) is 1.88. The molecule has 112 valence electrons. The van der Waals surface area contributed by atoms with Crippen LogP contribution in [-0.2, 0) is 4.79 Å². The maximum absolute atomic E-state index is 12.0. The smallest absolute Gasteiger partial charge is 0.234 e. The van der Waals surface area contributed by atoms with Crippen molar-refractivity contribution in [3.05, 3.63) is 47.9 Å². The van der Waals surface area contributed by atoms with Crippen LogP contribution in [0.1, 0.15) is 11.4 Å². The molecule has 6 heteroatoms. The van der Waals surface area contributed by atoms with Crippen molar-refractivity contribution in [3.63, 3.8) is 0 Å². The van der Waals surface area contributed by atoms with Gasteiger partial charge < -0.3 is 10.3 Å². The molecule has 0 aliphatic heterocycles. The Balaban J connectivity index is 1.62. The minimum absolute atomic E-state index is 0.0707. The van der Waals surface area contributed by atoms with E-state index in [1.807, 2.05) is 50.4 Å². The van der Waals surface area contributed by atoms with Crippen LogP contribution in [0.5, 0.6) is 0 Å². The molecule has 0 saturated heterocycles. The molecule has 1 amide bonds. The third kappa shape index (κ3) is 3.46. The first kappa shape index (κ1) is 14.6. The molecule has 0 spiro atoms. The van der Waals surface area contributed by atoms with E-state index in [9.17, 15) is 4.79 Å². The number of aryl methyl sites for hydroxylation is 2. The van der Waals surface area contributed by atoms with Crippen LogP contribution in [-0.4, -0.2) is 26.6 Å². The highest BCUT2D eigenvalue weighted by molar-refractivity contribution is 7.99. The van der Waals surface area contributed by atoms with Gasteiger partial charge in [-0.15, -0.1) is 0 Å². The Labute approximate surface area is 132 Å². The molecule has 0 radical (unpaired) electrons. The molecule has 0 aliphatic carbocycles. The number of hydrogen-bond acceptors (Lipinski definition) is 4. The fraction of sp³-hybridized carbons (Fsp3) is 0.188. The lowest BCUT2D eigenvalue weighted by Gasteiger charge is -2.06. The summed E-state index contributed by atoms with van der Waals surface area (Å²) in [7, 11) is 0. The Morgan fingerprint density at radius 1 is 1.18 bits per heavy atom. The predicted octanol–water partition coefficient (Wildman–Crippen LogP) is 3.31. The number of carbonyl (C=O) groups is 1. The van der Waals surface area contributed by atoms with Crippen molar-refractivity contribution < 1.29 is 4.79 Å². The summed E-state index contributed by atoms with van der Waals surface area (Å²) in [6, 6.07) is 9.70. The van der Waals surface area contributed by atoms with Crippen molar-refractivity contribution in [2.75, 3.05) is 11.1 Å². The zero-order chi connectivity index (χ0) is 15.5. The van der Waals surface area contributed by atoms with Crippen LogP contribution < -0.4 is 5.32 Å². The van der Waals surface area contributed by atoms with Crippen molar-refractivity contribution in [3.8, 4) is 0 Å². The largest absolute Gasteiger partial charge is 0.361 e. The van der Waals surface area contributed by atoms with E-state index in [-0.39, 0.29) is 11.7 Å². The van der Waals surface area contributed by atoms with Gasteiger partial charge in [-0.3, -0.25) is 4.79 Å². The van der Waals surface area contributed by atoms with Gasteiger partial charge in [0.15, 0.2) is 5.16 Å². The van der Waals surface area contributed by atoms with Crippen LogP contribution >= 0.6 is 11.8 Å². The first-order chi connectivity index (χ1) is 10.6. The van der Waals surface area contributed by atoms with Gasteiger partial charge in [0.1, 0.15) is 0 Å². The lowest BCUT2D eigenvalue weighted by Crippen LogP contribution is -2.14. The van der Waals surface area contributed by atoms with Crippen LogP contribution in [0.2, 0.25) is 0 Å². The topological polar surface area (TPSA) is 70.7 Å². The normalized spacial score (nSPS) is 10.8. The Bertz CT molecular complexity index is 808. The molecule has 0 saturated carbocycles. The van der Waals surface area contributed by atoms with Gasteiger partial charge in [-0.05, 0) is 43.5 Å². The van der Waals surface area contributed by atoms with E-state index in [1.165, 1.54) is 11.8 Å². The zero-order valence-corrected chi connectivity index (χ0v) is 13.2. The number of fused-ring (bicyclic) bond motifs is 1. The van der Waals surface area contributed by atoms with Gasteiger partial charge in [0.25, 0.3) is 0 Å². The molecular weight excluding hydrogens is 296 g/mol. The second kappa shape index (κ2) is 6.19. The lowest BCUT2D eigenvalue weighted by molar-refractivity contribution is -0.113. The molecule has 0 fully saturated rings. The van der Waals surface area contributed by atoms with Crippen molar-refractivity contribution in [2.45, 2.75) is 19.0 Å². The minimum Gasteiger partial charge on any atom is -0.361 e. The molecule has 22 heavy (non-hydrogen) atoms. The maximum atomic E-state index is 12.0. The number of aromatic nitrogens is 3. The Morgan fingerprint density at radius 2 is 1.95 bits per heavy atom. The van der Waals surface area contributed by atoms with Gasteiger partial charge in [-0.25, -0.2) is 9.97 Å². The van der Waals surface area contributed by atoms with Crippen LogP contribution in [0.25, 0.3) is 10.9 Å². The van der Waals surface area contributed by atoms with Crippen molar-refractivity contribution in [2.24, 2.45) is 0 Å². The number of anilines is 1. The summed E-state index contributed by atoms with van der Waals surface area (Å²) in [5.41, 5.74) is 3.60. The molecule has 2 aromatic heterocycles. The molecule has 2 N–H and O–H groups in total. The van der Waals surface area contributed by atoms with E-state index < -0.39 is 0 Å². The standard InChI is InChI=1S/C16H16N4OS/c1-10-7-11(2)19-16(18-10)22-9-15(21)20-13-4-3-12-5-6-17-14(12)8-13/h3-8,17H,9H2,1-2H3,(H,20,21). The molecule has 0 aliphatic rings. The number of nitrogens with one attached hydrogen (secondary N) is 2. The quantitative estimate of drug-likeness (QED) is 0.573. The third-order valence-corrected chi connectivity index (χ3v) is 3.98. The summed E-state index contributed by atoms with van der Waals surface area (Å²) in [5.74, 6) is 0.213. The van der Waals surface area contributed by atoms with Crippen molar-refractivity contribution in [1.29, 1.82) is 0 Å². The van der Waals surface area contributed by atoms with Gasteiger partial charge in [0.2, 0.25) is 5.91 Å². The Kier molecular flexibility index (Phi) is 4.11. The summed E-state index contributed by atoms with van der Waals surface area (Å²) in [6.45, 7) is 3.84. The zero-order valence-electron chi connectivity index (χ0n) is 12.4. The van der Waals surface area contributed by atoms with Gasteiger partial charge >= 0.3 is 0 Å². The summed E-state index contributed by atoms with van der Waals surface area (Å²) >= 11 is 1.34. The van der Waals surface area contributed by atoms with Gasteiger partial charge in [-0.2, -0.15) is 0 Å². The second-order valence-corrected chi connectivity index (χ2v) is 5.99. The molecule has 3 aromatic rings. The lowest BCUT2D eigenvalue weighted by atomic mass is 10.2. The highest BCUT2D eigenvalue weighted by Gasteiger charge is 2.07. The van der Waals surface area contributed by atoms with Crippen LogP contribution in [0.15, 0.2) is 41.7 Å². The number of amides is 1. The summed E-state index contributed by atoms with van der Waals surface area (Å²) in [4.78, 5) is 23.8. The minimum atomic E-state index is -0.0707. The van der Waals surface area contributed by atoms with Crippen LogP contribution in [0.4, 0.5) is 5.69 Å². The first-order valence-corrected chi connectivity index (χ1v) is 7.91. The molecule has 3 rings (SSSR count). The number of H-pyrrole nitrogens is 1. The Hall–Kier alpha value is -2.34. The number of nitrogens with zero attached hydrogens (tertiary/aromatic N) is 2. The highest BCUT2D eigenvalue weighted by Crippen LogP contribution is 2.19. The van der Waals surface area contributed by atoms with E-state index in [2.05, 4.69) is 20.3 Å². The third-order valence-electron chi connectivity index (χ3n) is 3.13. The van der Waals surface area contributed by atoms with Crippen LogP contribution in [0, 0.1) is 13.8 Å². The fourth-order valence-corrected chi connectivity index (χ4v) is 2.96. The molecule has 1 aromatic carbocycles. The van der Waals surface area contributed by atoms with E-state index in [4.69, 9.17) is 0 Å². The fourth-order valence-electron chi connectivity index (χ4n) is 2.21. The van der Waals surface area contributed by atoms with Crippen molar-refractivity contribution >= 4 is 34.3 Å². The number of hydrogen-bond donors (Lipinski definition) is 2. The molecular formula is C16H16N4OS. The molecule has 0 atom stereocenters. The van der Waals surface area contributed by atoms with Gasteiger partial charge in [0.05, 0.1) is 5.75 Å². The second-order valence-electron chi connectivity index (χ2n) is 5.05. The molecule has 2 heterocycles. The maximum Gasteiger partial charge on any atom is 0.234 e. The average molecular weight is 312 g/mol. The van der Waals surface area contributed by atoms with E-state index in [0.717, 1.165) is 28.0 Å².